The number of nitrogens with two attached hydrogens (primary N) is 1. The number of anilines is 1. The first-order valence-corrected chi connectivity index (χ1v) is 9.62. The smallest absolute Gasteiger partial charge is 0.341 e. The Hall–Kier alpha value is -1.86. The number of fused-ring (bicyclic) bond motifs is 1. The molecule has 1 heterocycles. The average Bonchev–Trinajstić information content (AvgIpc) is 2.64. The summed E-state index contributed by atoms with van der Waals surface area (Å²) in [6.07, 6.45) is 3.49. The third kappa shape index (κ3) is 4.65. The van der Waals surface area contributed by atoms with Gasteiger partial charge in [0.15, 0.2) is 0 Å². The van der Waals surface area contributed by atoms with Crippen LogP contribution in [0.5, 0.6) is 5.75 Å². The number of halogens is 1. The Morgan fingerprint density at radius 2 is 2.15 bits per heavy atom. The molecule has 6 nitrogen and oxygen atoms in total. The SMILES string of the molecule is CCOC(=O)c1cnc2c(Br)cc(OC)cc2c1NCC(CC)CCN. The molecule has 2 rings (SSSR count). The van der Waals surface area contributed by atoms with Crippen molar-refractivity contribution in [2.75, 3.05) is 32.1 Å². The lowest BCUT2D eigenvalue weighted by Crippen LogP contribution is -2.19. The van der Waals surface area contributed by atoms with E-state index in [0.29, 0.717) is 42.6 Å². The molecule has 7 heteroatoms. The molecular formula is C19H26BrN3O3. The number of benzene rings is 1. The van der Waals surface area contributed by atoms with Crippen molar-refractivity contribution in [2.24, 2.45) is 11.7 Å². The van der Waals surface area contributed by atoms with Gasteiger partial charge in [-0.3, -0.25) is 4.98 Å². The third-order valence-electron chi connectivity index (χ3n) is 4.35. The van der Waals surface area contributed by atoms with Gasteiger partial charge in [0, 0.05) is 22.6 Å². The highest BCUT2D eigenvalue weighted by atomic mass is 79.9. The second-order valence-electron chi connectivity index (χ2n) is 6.01. The molecule has 0 aliphatic carbocycles. The van der Waals surface area contributed by atoms with Crippen LogP contribution in [0.2, 0.25) is 0 Å². The van der Waals surface area contributed by atoms with Crippen LogP contribution in [0.25, 0.3) is 10.9 Å². The summed E-state index contributed by atoms with van der Waals surface area (Å²) in [5.41, 5.74) is 7.59. The molecule has 1 atom stereocenters. The number of nitrogens with zero attached hydrogens (tertiary/aromatic N) is 1. The van der Waals surface area contributed by atoms with Gasteiger partial charge < -0.3 is 20.5 Å². The molecule has 0 amide bonds. The number of ether oxygens (including phenoxy) is 2. The summed E-state index contributed by atoms with van der Waals surface area (Å²) in [4.78, 5) is 16.9. The minimum absolute atomic E-state index is 0.308. The van der Waals surface area contributed by atoms with E-state index in [1.54, 1.807) is 20.2 Å². The predicted molar refractivity (Wildman–Crippen MR) is 108 cm³/mol. The molecule has 3 N–H and O–H groups in total. The van der Waals surface area contributed by atoms with Crippen LogP contribution in [0.1, 0.15) is 37.0 Å². The lowest BCUT2D eigenvalue weighted by atomic mass is 10.0. The van der Waals surface area contributed by atoms with E-state index in [4.69, 9.17) is 15.2 Å². The molecule has 0 radical (unpaired) electrons. The Morgan fingerprint density at radius 3 is 2.77 bits per heavy atom. The Bertz CT molecular complexity index is 767. The van der Waals surface area contributed by atoms with E-state index in [9.17, 15) is 4.79 Å². The summed E-state index contributed by atoms with van der Waals surface area (Å²) < 4.78 is 11.4. The fraction of sp³-hybridized carbons (Fsp3) is 0.474. The van der Waals surface area contributed by atoms with Gasteiger partial charge >= 0.3 is 5.97 Å². The molecule has 0 spiro atoms. The lowest BCUT2D eigenvalue weighted by molar-refractivity contribution is 0.0527. The van der Waals surface area contributed by atoms with Crippen LogP contribution in [0.3, 0.4) is 0 Å². The van der Waals surface area contributed by atoms with Gasteiger partial charge in [-0.25, -0.2) is 4.79 Å². The van der Waals surface area contributed by atoms with Crippen LogP contribution >= 0.6 is 15.9 Å². The number of carbonyl (C=O) groups is 1. The van der Waals surface area contributed by atoms with Gasteiger partial charge in [0.25, 0.3) is 0 Å². The van der Waals surface area contributed by atoms with E-state index in [-0.39, 0.29) is 0 Å². The molecule has 142 valence electrons. The maximum absolute atomic E-state index is 12.4. The van der Waals surface area contributed by atoms with Crippen molar-refractivity contribution in [3.05, 3.63) is 28.4 Å². The molecule has 26 heavy (non-hydrogen) atoms. The van der Waals surface area contributed by atoms with E-state index in [0.717, 1.165) is 28.2 Å². The van der Waals surface area contributed by atoms with Crippen LogP contribution in [0, 0.1) is 5.92 Å². The molecule has 0 aliphatic heterocycles. The first-order valence-electron chi connectivity index (χ1n) is 8.82. The van der Waals surface area contributed by atoms with Gasteiger partial charge in [0.05, 0.1) is 24.9 Å². The van der Waals surface area contributed by atoms with Crippen molar-refractivity contribution in [3.63, 3.8) is 0 Å². The lowest BCUT2D eigenvalue weighted by Gasteiger charge is -2.19. The zero-order valence-electron chi connectivity index (χ0n) is 15.5. The number of hydrogen-bond donors (Lipinski definition) is 2. The quantitative estimate of drug-likeness (QED) is 0.593. The third-order valence-corrected chi connectivity index (χ3v) is 4.95. The Labute approximate surface area is 162 Å². The second-order valence-corrected chi connectivity index (χ2v) is 6.86. The van der Waals surface area contributed by atoms with Crippen LogP contribution < -0.4 is 15.8 Å². The molecule has 1 aromatic heterocycles. The molecule has 1 unspecified atom stereocenters. The van der Waals surface area contributed by atoms with Gasteiger partial charge in [-0.1, -0.05) is 13.3 Å². The normalized spacial score (nSPS) is 12.0. The standard InChI is InChI=1S/C19H26BrN3O3/c1-4-12(6-7-21)10-22-17-14-8-13(25-3)9-16(20)18(14)23-11-15(17)19(24)26-5-2/h8-9,11-12H,4-7,10,21H2,1-3H3,(H,22,23). The van der Waals surface area contributed by atoms with Crippen molar-refractivity contribution in [1.82, 2.24) is 4.98 Å². The largest absolute Gasteiger partial charge is 0.497 e. The Morgan fingerprint density at radius 1 is 1.38 bits per heavy atom. The molecule has 0 fully saturated rings. The fourth-order valence-corrected chi connectivity index (χ4v) is 3.38. The van der Waals surface area contributed by atoms with Gasteiger partial charge in [-0.05, 0) is 53.9 Å². The monoisotopic (exact) mass is 423 g/mol. The molecule has 0 saturated heterocycles. The topological polar surface area (TPSA) is 86.5 Å². The maximum atomic E-state index is 12.4. The average molecular weight is 424 g/mol. The first-order chi connectivity index (χ1) is 12.5. The van der Waals surface area contributed by atoms with Crippen molar-refractivity contribution in [2.45, 2.75) is 26.7 Å². The van der Waals surface area contributed by atoms with Gasteiger partial charge in [0.1, 0.15) is 11.3 Å². The molecule has 1 aromatic carbocycles. The Kier molecular flexibility index (Phi) is 7.66. The Balaban J connectivity index is 2.53. The van der Waals surface area contributed by atoms with E-state index in [1.807, 2.05) is 12.1 Å². The minimum atomic E-state index is -0.393. The molecule has 0 aliphatic rings. The number of aromatic nitrogens is 1. The summed E-state index contributed by atoms with van der Waals surface area (Å²) in [5, 5.41) is 4.25. The number of pyridine rings is 1. The predicted octanol–water partition coefficient (Wildman–Crippen LogP) is 3.97. The zero-order chi connectivity index (χ0) is 19.1. The number of nitrogens with one attached hydrogen (secondary N) is 1. The van der Waals surface area contributed by atoms with E-state index in [1.165, 1.54) is 0 Å². The highest BCUT2D eigenvalue weighted by Gasteiger charge is 2.19. The van der Waals surface area contributed by atoms with E-state index < -0.39 is 5.97 Å². The summed E-state index contributed by atoms with van der Waals surface area (Å²) in [6.45, 7) is 5.59. The van der Waals surface area contributed by atoms with Crippen molar-refractivity contribution in [3.8, 4) is 5.75 Å². The summed E-state index contributed by atoms with van der Waals surface area (Å²) in [5.74, 6) is 0.715. The number of hydrogen-bond acceptors (Lipinski definition) is 6. The number of rotatable bonds is 9. The number of esters is 1. The second kappa shape index (κ2) is 9.73. The number of methoxy groups -OCH3 is 1. The van der Waals surface area contributed by atoms with Gasteiger partial charge in [0.2, 0.25) is 0 Å². The molecule has 0 saturated carbocycles. The van der Waals surface area contributed by atoms with Gasteiger partial charge in [-0.15, -0.1) is 0 Å². The van der Waals surface area contributed by atoms with Crippen LogP contribution in [0.4, 0.5) is 5.69 Å². The van der Waals surface area contributed by atoms with Gasteiger partial charge in [-0.2, -0.15) is 0 Å². The van der Waals surface area contributed by atoms with E-state index in [2.05, 4.69) is 33.2 Å². The minimum Gasteiger partial charge on any atom is -0.497 e. The molecule has 0 bridgehead atoms. The highest BCUT2D eigenvalue weighted by molar-refractivity contribution is 9.10. The van der Waals surface area contributed by atoms with Crippen molar-refractivity contribution >= 4 is 38.5 Å². The summed E-state index contributed by atoms with van der Waals surface area (Å²) in [7, 11) is 1.61. The van der Waals surface area contributed by atoms with Crippen molar-refractivity contribution < 1.29 is 14.3 Å². The van der Waals surface area contributed by atoms with Crippen LogP contribution in [0.15, 0.2) is 22.8 Å². The molecular weight excluding hydrogens is 398 g/mol. The summed E-state index contributed by atoms with van der Waals surface area (Å²) in [6, 6.07) is 3.73. The maximum Gasteiger partial charge on any atom is 0.341 e. The fourth-order valence-electron chi connectivity index (χ4n) is 2.84. The van der Waals surface area contributed by atoms with E-state index >= 15 is 0 Å². The zero-order valence-corrected chi connectivity index (χ0v) is 17.1. The summed E-state index contributed by atoms with van der Waals surface area (Å²) >= 11 is 3.53. The van der Waals surface area contributed by atoms with Crippen LogP contribution in [-0.4, -0.2) is 37.8 Å². The highest BCUT2D eigenvalue weighted by Crippen LogP contribution is 2.35. The van der Waals surface area contributed by atoms with Crippen molar-refractivity contribution in [1.29, 1.82) is 0 Å². The number of carbonyl (C=O) groups excluding carboxylic acids is 1. The molecule has 2 aromatic rings. The van der Waals surface area contributed by atoms with Crippen LogP contribution in [-0.2, 0) is 4.74 Å². The first kappa shape index (κ1) is 20.5.